The third-order valence-electron chi connectivity index (χ3n) is 4.35. The molecule has 134 valence electrons. The van der Waals surface area contributed by atoms with Crippen LogP contribution in [0.5, 0.6) is 0 Å². The molecule has 4 aromatic rings. The van der Waals surface area contributed by atoms with Crippen molar-refractivity contribution in [1.82, 2.24) is 9.13 Å². The van der Waals surface area contributed by atoms with E-state index in [9.17, 15) is 14.0 Å². The monoisotopic (exact) mass is 380 g/mol. The molecule has 4 rings (SSSR count). The Morgan fingerprint density at radius 3 is 2.44 bits per heavy atom. The number of rotatable bonds is 3. The van der Waals surface area contributed by atoms with Gasteiger partial charge in [-0.05, 0) is 48.0 Å². The van der Waals surface area contributed by atoms with Gasteiger partial charge in [0, 0.05) is 5.02 Å². The number of benzene rings is 3. The predicted octanol–water partition coefficient (Wildman–Crippen LogP) is 3.99. The fourth-order valence-corrected chi connectivity index (χ4v) is 3.35. The van der Waals surface area contributed by atoms with Crippen molar-refractivity contribution in [2.45, 2.75) is 6.54 Å². The first kappa shape index (κ1) is 17.2. The van der Waals surface area contributed by atoms with Gasteiger partial charge in [0.2, 0.25) is 0 Å². The topological polar surface area (TPSA) is 44.0 Å². The van der Waals surface area contributed by atoms with E-state index in [1.54, 1.807) is 42.5 Å². The number of fused-ring (bicyclic) bond motifs is 1. The quantitative estimate of drug-likeness (QED) is 0.539. The first-order chi connectivity index (χ1) is 13.0. The van der Waals surface area contributed by atoms with Crippen LogP contribution in [0.4, 0.5) is 4.39 Å². The lowest BCUT2D eigenvalue weighted by molar-refractivity contribution is 0.624. The summed E-state index contributed by atoms with van der Waals surface area (Å²) >= 11 is 6.05. The molecule has 0 N–H and O–H groups in total. The first-order valence-corrected chi connectivity index (χ1v) is 8.67. The van der Waals surface area contributed by atoms with Crippen LogP contribution < -0.4 is 11.2 Å². The minimum Gasteiger partial charge on any atom is -0.288 e. The minimum absolute atomic E-state index is 0.190. The highest BCUT2D eigenvalue weighted by atomic mass is 35.5. The van der Waals surface area contributed by atoms with E-state index >= 15 is 0 Å². The van der Waals surface area contributed by atoms with Crippen LogP contribution in [0.1, 0.15) is 5.56 Å². The van der Waals surface area contributed by atoms with Crippen LogP contribution >= 0.6 is 11.6 Å². The van der Waals surface area contributed by atoms with Crippen molar-refractivity contribution >= 4 is 22.5 Å². The lowest BCUT2D eigenvalue weighted by atomic mass is 10.2. The van der Waals surface area contributed by atoms with E-state index in [1.807, 2.05) is 6.07 Å². The largest absolute Gasteiger partial charge is 0.336 e. The number of nitrogens with zero attached hydrogens (tertiary/aromatic N) is 2. The van der Waals surface area contributed by atoms with Gasteiger partial charge < -0.3 is 0 Å². The van der Waals surface area contributed by atoms with Gasteiger partial charge in [0.15, 0.2) is 0 Å². The zero-order valence-electron chi connectivity index (χ0n) is 14.1. The molecule has 0 radical (unpaired) electrons. The SMILES string of the molecule is O=c1c2ccccc2n(Cc2cccc(Cl)c2)c(=O)n1-c1cccc(F)c1. The zero-order chi connectivity index (χ0) is 19.0. The Bertz CT molecular complexity index is 1280. The van der Waals surface area contributed by atoms with Crippen LogP contribution in [0, 0.1) is 5.82 Å². The van der Waals surface area contributed by atoms with Gasteiger partial charge >= 0.3 is 5.69 Å². The van der Waals surface area contributed by atoms with Crippen LogP contribution in [0.3, 0.4) is 0 Å². The van der Waals surface area contributed by atoms with Crippen molar-refractivity contribution in [3.63, 3.8) is 0 Å². The molecular formula is C21H14ClFN2O2. The third kappa shape index (κ3) is 3.17. The highest BCUT2D eigenvalue weighted by molar-refractivity contribution is 6.30. The van der Waals surface area contributed by atoms with E-state index in [0.29, 0.717) is 15.9 Å². The van der Waals surface area contributed by atoms with Crippen LogP contribution in [0.15, 0.2) is 82.4 Å². The molecule has 0 saturated heterocycles. The lowest BCUT2D eigenvalue weighted by Crippen LogP contribution is -2.39. The fraction of sp³-hybridized carbons (Fsp3) is 0.0476. The number of hydrogen-bond donors (Lipinski definition) is 0. The molecule has 0 saturated carbocycles. The molecule has 27 heavy (non-hydrogen) atoms. The molecule has 0 bridgehead atoms. The molecule has 0 spiro atoms. The molecule has 0 amide bonds. The summed E-state index contributed by atoms with van der Waals surface area (Å²) < 4.78 is 16.2. The van der Waals surface area contributed by atoms with Crippen LogP contribution in [-0.2, 0) is 6.54 Å². The molecule has 1 aromatic heterocycles. The summed E-state index contributed by atoms with van der Waals surface area (Å²) in [6.45, 7) is 0.232. The summed E-state index contributed by atoms with van der Waals surface area (Å²) in [6, 6.07) is 19.5. The Kier molecular flexibility index (Phi) is 4.38. The smallest absolute Gasteiger partial charge is 0.288 e. The van der Waals surface area contributed by atoms with Crippen molar-refractivity contribution in [1.29, 1.82) is 0 Å². The summed E-state index contributed by atoms with van der Waals surface area (Å²) in [5.41, 5.74) is 0.503. The van der Waals surface area contributed by atoms with Gasteiger partial charge in [0.1, 0.15) is 5.82 Å². The summed E-state index contributed by atoms with van der Waals surface area (Å²) in [6.07, 6.45) is 0. The van der Waals surface area contributed by atoms with E-state index in [2.05, 4.69) is 0 Å². The second kappa shape index (κ2) is 6.85. The summed E-state index contributed by atoms with van der Waals surface area (Å²) in [7, 11) is 0. The van der Waals surface area contributed by atoms with Gasteiger partial charge in [-0.25, -0.2) is 13.8 Å². The standard InChI is InChI=1S/C21H14ClFN2O2/c22-15-6-3-5-14(11-15)13-24-19-10-2-1-9-18(19)20(26)25(21(24)27)17-8-4-7-16(23)12-17/h1-12H,13H2. The Morgan fingerprint density at radius 2 is 1.67 bits per heavy atom. The molecule has 6 heteroatoms. The Balaban J connectivity index is 2.03. The maximum Gasteiger partial charge on any atom is 0.336 e. The van der Waals surface area contributed by atoms with Crippen molar-refractivity contribution in [3.05, 3.63) is 110 Å². The molecule has 0 aliphatic heterocycles. The second-order valence-electron chi connectivity index (χ2n) is 6.14. The maximum absolute atomic E-state index is 13.7. The summed E-state index contributed by atoms with van der Waals surface area (Å²) in [5.74, 6) is -0.520. The molecule has 0 aliphatic carbocycles. The van der Waals surface area contributed by atoms with Gasteiger partial charge in [-0.2, -0.15) is 0 Å². The maximum atomic E-state index is 13.7. The third-order valence-corrected chi connectivity index (χ3v) is 4.58. The molecule has 0 unspecified atom stereocenters. The van der Waals surface area contributed by atoms with Crippen LogP contribution in [-0.4, -0.2) is 9.13 Å². The molecule has 0 fully saturated rings. The number of para-hydroxylation sites is 1. The van der Waals surface area contributed by atoms with E-state index in [-0.39, 0.29) is 12.2 Å². The highest BCUT2D eigenvalue weighted by Gasteiger charge is 2.15. The Hall–Kier alpha value is -3.18. The van der Waals surface area contributed by atoms with Crippen LogP contribution in [0.2, 0.25) is 5.02 Å². The minimum atomic E-state index is -0.538. The van der Waals surface area contributed by atoms with E-state index in [0.717, 1.165) is 10.1 Å². The van der Waals surface area contributed by atoms with Crippen molar-refractivity contribution in [2.24, 2.45) is 0 Å². The van der Waals surface area contributed by atoms with Crippen molar-refractivity contribution < 1.29 is 4.39 Å². The average molecular weight is 381 g/mol. The molecule has 4 nitrogen and oxygen atoms in total. The molecule has 0 aliphatic rings. The fourth-order valence-electron chi connectivity index (χ4n) is 3.13. The van der Waals surface area contributed by atoms with Gasteiger partial charge in [0.25, 0.3) is 5.56 Å². The van der Waals surface area contributed by atoms with Gasteiger partial charge in [0.05, 0.1) is 23.1 Å². The van der Waals surface area contributed by atoms with E-state index in [1.165, 1.54) is 28.8 Å². The van der Waals surface area contributed by atoms with Crippen molar-refractivity contribution in [2.75, 3.05) is 0 Å². The predicted molar refractivity (Wildman–Crippen MR) is 104 cm³/mol. The normalized spacial score (nSPS) is 11.0. The van der Waals surface area contributed by atoms with Crippen molar-refractivity contribution in [3.8, 4) is 5.69 Å². The molecule has 0 atom stereocenters. The number of halogens is 2. The Morgan fingerprint density at radius 1 is 0.889 bits per heavy atom. The van der Waals surface area contributed by atoms with Gasteiger partial charge in [-0.3, -0.25) is 9.36 Å². The second-order valence-corrected chi connectivity index (χ2v) is 6.57. The van der Waals surface area contributed by atoms with E-state index in [4.69, 9.17) is 11.6 Å². The number of hydrogen-bond acceptors (Lipinski definition) is 2. The first-order valence-electron chi connectivity index (χ1n) is 8.29. The molecule has 3 aromatic carbocycles. The lowest BCUT2D eigenvalue weighted by Gasteiger charge is -2.14. The average Bonchev–Trinajstić information content (AvgIpc) is 2.65. The number of aromatic nitrogens is 2. The molecule has 1 heterocycles. The van der Waals surface area contributed by atoms with Gasteiger partial charge in [-0.1, -0.05) is 41.9 Å². The highest BCUT2D eigenvalue weighted by Crippen LogP contribution is 2.15. The van der Waals surface area contributed by atoms with Crippen LogP contribution in [0.25, 0.3) is 16.6 Å². The Labute approximate surface area is 158 Å². The van der Waals surface area contributed by atoms with Gasteiger partial charge in [-0.15, -0.1) is 0 Å². The van der Waals surface area contributed by atoms with E-state index < -0.39 is 17.1 Å². The summed E-state index contributed by atoms with van der Waals surface area (Å²) in [5, 5.41) is 0.937. The molecular weight excluding hydrogens is 367 g/mol. The summed E-state index contributed by atoms with van der Waals surface area (Å²) in [4.78, 5) is 26.1. The zero-order valence-corrected chi connectivity index (χ0v) is 14.9.